The lowest BCUT2D eigenvalue weighted by Gasteiger charge is -2.09. The summed E-state index contributed by atoms with van der Waals surface area (Å²) in [7, 11) is 0. The smallest absolute Gasteiger partial charge is 0.216 e. The zero-order chi connectivity index (χ0) is 18.5. The van der Waals surface area contributed by atoms with E-state index in [1.807, 2.05) is 31.2 Å². The molecule has 1 N–H and O–H groups in total. The fourth-order valence-electron chi connectivity index (χ4n) is 2.60. The molecule has 0 aliphatic carbocycles. The maximum atomic E-state index is 5.70. The number of ether oxygens (including phenoxy) is 1. The highest BCUT2D eigenvalue weighted by Crippen LogP contribution is 2.28. The third kappa shape index (κ3) is 3.91. The Kier molecular flexibility index (Phi) is 5.63. The number of nitrogens with one attached hydrogen (secondary N) is 1. The van der Waals surface area contributed by atoms with Crippen molar-refractivity contribution >= 4 is 18.4 Å². The maximum Gasteiger partial charge on any atom is 0.216 e. The molecule has 3 aromatic rings. The normalized spacial score (nSPS) is 11.4. The van der Waals surface area contributed by atoms with Gasteiger partial charge in [0.2, 0.25) is 4.77 Å². The van der Waals surface area contributed by atoms with Crippen molar-refractivity contribution < 1.29 is 4.74 Å². The number of hydrogen-bond acceptors (Lipinski definition) is 4. The lowest BCUT2D eigenvalue weighted by atomic mass is 10.0. The number of para-hydroxylation sites is 1. The summed E-state index contributed by atoms with van der Waals surface area (Å²) in [4.78, 5) is 0. The zero-order valence-corrected chi connectivity index (χ0v) is 16.0. The third-order valence-electron chi connectivity index (χ3n) is 4.00. The van der Waals surface area contributed by atoms with Crippen molar-refractivity contribution in [1.29, 1.82) is 0 Å². The molecule has 6 heteroatoms. The van der Waals surface area contributed by atoms with Crippen LogP contribution in [0.2, 0.25) is 0 Å². The maximum absolute atomic E-state index is 5.70. The van der Waals surface area contributed by atoms with E-state index in [1.54, 1.807) is 10.9 Å². The number of nitrogens with zero attached hydrogens (tertiary/aromatic N) is 3. The lowest BCUT2D eigenvalue weighted by Crippen LogP contribution is -1.99. The molecule has 0 atom stereocenters. The Labute approximate surface area is 158 Å². The van der Waals surface area contributed by atoms with E-state index in [0.29, 0.717) is 23.1 Å². The lowest BCUT2D eigenvalue weighted by molar-refractivity contribution is 0.341. The fraction of sp³-hybridized carbons (Fsp3) is 0.250. The van der Waals surface area contributed by atoms with Gasteiger partial charge >= 0.3 is 0 Å². The first-order valence-corrected chi connectivity index (χ1v) is 9.05. The van der Waals surface area contributed by atoms with Crippen LogP contribution >= 0.6 is 12.2 Å². The molecular weight excluding hydrogens is 344 g/mol. The highest BCUT2D eigenvalue weighted by Gasteiger charge is 2.13. The van der Waals surface area contributed by atoms with Gasteiger partial charge in [-0.15, -0.1) is 0 Å². The summed E-state index contributed by atoms with van der Waals surface area (Å²) in [5.41, 5.74) is 3.14. The van der Waals surface area contributed by atoms with Crippen LogP contribution in [0.3, 0.4) is 0 Å². The Morgan fingerprint density at radius 1 is 1.19 bits per heavy atom. The zero-order valence-electron chi connectivity index (χ0n) is 15.1. The Bertz CT molecular complexity index is 954. The summed E-state index contributed by atoms with van der Waals surface area (Å²) in [6, 6.07) is 16.1. The van der Waals surface area contributed by atoms with E-state index >= 15 is 0 Å². The molecule has 0 aliphatic rings. The average molecular weight is 366 g/mol. The van der Waals surface area contributed by atoms with Crippen molar-refractivity contribution in [2.24, 2.45) is 5.10 Å². The van der Waals surface area contributed by atoms with E-state index in [1.165, 1.54) is 5.56 Å². The first-order valence-electron chi connectivity index (χ1n) is 8.64. The summed E-state index contributed by atoms with van der Waals surface area (Å²) in [6.45, 7) is 6.88. The third-order valence-corrected chi connectivity index (χ3v) is 4.27. The second-order valence-corrected chi connectivity index (χ2v) is 6.55. The Morgan fingerprint density at radius 3 is 2.62 bits per heavy atom. The molecule has 0 fully saturated rings. The van der Waals surface area contributed by atoms with Crippen molar-refractivity contribution in [3.8, 4) is 17.1 Å². The van der Waals surface area contributed by atoms with Crippen molar-refractivity contribution in [3.63, 3.8) is 0 Å². The van der Waals surface area contributed by atoms with Crippen molar-refractivity contribution in [2.75, 3.05) is 6.61 Å². The minimum atomic E-state index is 0.432. The molecule has 1 aromatic heterocycles. The molecule has 3 rings (SSSR count). The number of aromatic nitrogens is 3. The molecule has 0 amide bonds. The van der Waals surface area contributed by atoms with E-state index in [0.717, 1.165) is 16.9 Å². The number of aromatic amines is 1. The van der Waals surface area contributed by atoms with Gasteiger partial charge < -0.3 is 4.74 Å². The largest absolute Gasteiger partial charge is 0.493 e. The van der Waals surface area contributed by atoms with Gasteiger partial charge in [0.15, 0.2) is 5.82 Å². The van der Waals surface area contributed by atoms with E-state index in [-0.39, 0.29) is 0 Å². The van der Waals surface area contributed by atoms with Gasteiger partial charge in [-0.3, -0.25) is 0 Å². The molecule has 0 saturated heterocycles. The van der Waals surface area contributed by atoms with E-state index in [4.69, 9.17) is 17.0 Å². The van der Waals surface area contributed by atoms with E-state index < -0.39 is 0 Å². The predicted molar refractivity (Wildman–Crippen MR) is 108 cm³/mol. The van der Waals surface area contributed by atoms with Crippen LogP contribution in [0, 0.1) is 4.77 Å². The molecule has 0 aliphatic heterocycles. The molecule has 26 heavy (non-hydrogen) atoms. The van der Waals surface area contributed by atoms with Gasteiger partial charge in [0.05, 0.1) is 18.4 Å². The van der Waals surface area contributed by atoms with Gasteiger partial charge in [-0.2, -0.15) is 14.9 Å². The molecule has 0 radical (unpaired) electrons. The van der Waals surface area contributed by atoms with Gasteiger partial charge in [0.25, 0.3) is 0 Å². The van der Waals surface area contributed by atoms with Crippen LogP contribution in [-0.4, -0.2) is 27.7 Å². The minimum Gasteiger partial charge on any atom is -0.493 e. The highest BCUT2D eigenvalue weighted by molar-refractivity contribution is 7.71. The highest BCUT2D eigenvalue weighted by atomic mass is 32.1. The Balaban J connectivity index is 1.95. The van der Waals surface area contributed by atoms with Crippen molar-refractivity contribution in [2.45, 2.75) is 26.7 Å². The summed E-state index contributed by atoms with van der Waals surface area (Å²) in [5, 5.41) is 11.7. The van der Waals surface area contributed by atoms with Crippen LogP contribution in [0.4, 0.5) is 0 Å². The molecular formula is C20H22N4OS. The van der Waals surface area contributed by atoms with Crippen LogP contribution < -0.4 is 4.74 Å². The summed E-state index contributed by atoms with van der Waals surface area (Å²) >= 11 is 5.34. The number of rotatable bonds is 6. The van der Waals surface area contributed by atoms with Crippen LogP contribution in [-0.2, 0) is 0 Å². The van der Waals surface area contributed by atoms with Gasteiger partial charge in [0, 0.05) is 0 Å². The molecule has 0 bridgehead atoms. The number of benzene rings is 2. The van der Waals surface area contributed by atoms with Gasteiger partial charge in [-0.25, -0.2) is 5.10 Å². The average Bonchev–Trinajstić information content (AvgIpc) is 3.01. The molecule has 0 unspecified atom stereocenters. The van der Waals surface area contributed by atoms with E-state index in [9.17, 15) is 0 Å². The second-order valence-electron chi connectivity index (χ2n) is 6.16. The standard InChI is InChI=1S/C20H22N4OS/c1-4-25-18-8-6-5-7-17(18)19-22-23-20(26)24(19)21-13-15-9-11-16(12-10-15)14(2)3/h5-14H,4H2,1-3H3,(H,23,26)/b21-13-. The number of hydrogen-bond donors (Lipinski definition) is 1. The van der Waals surface area contributed by atoms with Crippen molar-refractivity contribution in [1.82, 2.24) is 14.9 Å². The molecule has 0 spiro atoms. The fourth-order valence-corrected chi connectivity index (χ4v) is 2.78. The molecule has 5 nitrogen and oxygen atoms in total. The van der Waals surface area contributed by atoms with Gasteiger partial charge in [-0.1, -0.05) is 50.2 Å². The van der Waals surface area contributed by atoms with Crippen LogP contribution in [0.25, 0.3) is 11.4 Å². The van der Waals surface area contributed by atoms with Gasteiger partial charge in [-0.05, 0) is 48.3 Å². The summed E-state index contributed by atoms with van der Waals surface area (Å²) in [5.74, 6) is 1.88. The number of H-pyrrole nitrogens is 1. The van der Waals surface area contributed by atoms with Crippen LogP contribution in [0.15, 0.2) is 53.6 Å². The Hall–Kier alpha value is -2.73. The van der Waals surface area contributed by atoms with Gasteiger partial charge in [0.1, 0.15) is 5.75 Å². The second kappa shape index (κ2) is 8.10. The SMILES string of the molecule is CCOc1ccccc1-c1n[nH]c(=S)n1/N=C\c1ccc(C(C)C)cc1. The predicted octanol–water partition coefficient (Wildman–Crippen LogP) is 5.01. The molecule has 134 valence electrons. The summed E-state index contributed by atoms with van der Waals surface area (Å²) < 4.78 is 7.75. The summed E-state index contributed by atoms with van der Waals surface area (Å²) in [6.07, 6.45) is 1.78. The Morgan fingerprint density at radius 2 is 1.92 bits per heavy atom. The minimum absolute atomic E-state index is 0.432. The quantitative estimate of drug-likeness (QED) is 0.493. The molecule has 0 saturated carbocycles. The topological polar surface area (TPSA) is 55.2 Å². The first kappa shape index (κ1) is 18.1. The monoisotopic (exact) mass is 366 g/mol. The van der Waals surface area contributed by atoms with Crippen LogP contribution in [0.5, 0.6) is 5.75 Å². The van der Waals surface area contributed by atoms with Crippen molar-refractivity contribution in [3.05, 3.63) is 64.4 Å². The first-order chi connectivity index (χ1) is 12.6. The molecule has 1 heterocycles. The van der Waals surface area contributed by atoms with E-state index in [2.05, 4.69) is 53.4 Å². The molecule has 2 aromatic carbocycles. The van der Waals surface area contributed by atoms with Crippen LogP contribution in [0.1, 0.15) is 37.8 Å².